The van der Waals surface area contributed by atoms with Crippen LogP contribution in [0.1, 0.15) is 32.3 Å². The second-order valence-electron chi connectivity index (χ2n) is 6.43. The summed E-state index contributed by atoms with van der Waals surface area (Å²) < 4.78 is 24.4. The van der Waals surface area contributed by atoms with E-state index in [4.69, 9.17) is 11.6 Å². The molecule has 2 aromatic rings. The second kappa shape index (κ2) is 6.47. The molecule has 7 heteroatoms. The highest BCUT2D eigenvalue weighted by atomic mass is 35.5. The second-order valence-corrected chi connectivity index (χ2v) is 9.37. The molecule has 0 N–H and O–H groups in total. The summed E-state index contributed by atoms with van der Waals surface area (Å²) >= 11 is 6.03. The summed E-state index contributed by atoms with van der Waals surface area (Å²) in [6.45, 7) is 4.63. The summed E-state index contributed by atoms with van der Waals surface area (Å²) in [7, 11) is -3.14. The van der Waals surface area contributed by atoms with Gasteiger partial charge in [-0.15, -0.1) is 0 Å². The van der Waals surface area contributed by atoms with Crippen LogP contribution in [0.15, 0.2) is 24.3 Å². The third-order valence-electron chi connectivity index (χ3n) is 5.26. The molecule has 2 heterocycles. The van der Waals surface area contributed by atoms with Crippen molar-refractivity contribution in [3.8, 4) is 6.07 Å². The zero-order valence-electron chi connectivity index (χ0n) is 14.3. The fourth-order valence-corrected chi connectivity index (χ4v) is 5.82. The topological polar surface area (TPSA) is 74.1 Å². The molecule has 1 saturated heterocycles. The molecule has 1 aromatic carbocycles. The minimum Gasteiger partial charge on any atom is -0.354 e. The van der Waals surface area contributed by atoms with Crippen LogP contribution in [0.5, 0.6) is 0 Å². The van der Waals surface area contributed by atoms with E-state index in [1.54, 1.807) is 24.3 Å². The SMILES string of the molecule is CCC1(CC)CN(c2cc(C#N)c3cc(Cl)ccc3n2)CCS1(=O)=O. The normalized spacial score (nSPS) is 18.9. The maximum absolute atomic E-state index is 12.6. The molecule has 0 amide bonds. The Morgan fingerprint density at radius 3 is 2.68 bits per heavy atom. The molecule has 0 unspecified atom stereocenters. The van der Waals surface area contributed by atoms with Gasteiger partial charge >= 0.3 is 0 Å². The Hall–Kier alpha value is -1.84. The van der Waals surface area contributed by atoms with Gasteiger partial charge in [-0.2, -0.15) is 5.26 Å². The van der Waals surface area contributed by atoms with Gasteiger partial charge in [-0.25, -0.2) is 13.4 Å². The predicted molar refractivity (Wildman–Crippen MR) is 101 cm³/mol. The maximum Gasteiger partial charge on any atom is 0.159 e. The molecule has 132 valence electrons. The number of hydrogen-bond donors (Lipinski definition) is 0. The molecule has 25 heavy (non-hydrogen) atoms. The van der Waals surface area contributed by atoms with Gasteiger partial charge in [0.05, 0.1) is 27.6 Å². The lowest BCUT2D eigenvalue weighted by Gasteiger charge is -2.42. The molecular formula is C18H20ClN3O2S. The first kappa shape index (κ1) is 18.0. The first-order chi connectivity index (χ1) is 11.9. The van der Waals surface area contributed by atoms with Gasteiger partial charge in [0.25, 0.3) is 0 Å². The molecule has 0 atom stereocenters. The highest BCUT2D eigenvalue weighted by Crippen LogP contribution is 2.34. The van der Waals surface area contributed by atoms with Crippen molar-refractivity contribution >= 4 is 38.2 Å². The number of halogens is 1. The van der Waals surface area contributed by atoms with E-state index in [0.29, 0.717) is 53.2 Å². The van der Waals surface area contributed by atoms with Crippen molar-refractivity contribution in [2.45, 2.75) is 31.4 Å². The number of pyridine rings is 1. The van der Waals surface area contributed by atoms with Gasteiger partial charge in [0.2, 0.25) is 0 Å². The first-order valence-corrected chi connectivity index (χ1v) is 10.4. The van der Waals surface area contributed by atoms with Gasteiger partial charge in [-0.3, -0.25) is 0 Å². The minimum atomic E-state index is -3.14. The van der Waals surface area contributed by atoms with Crippen molar-refractivity contribution in [2.24, 2.45) is 0 Å². The molecule has 0 radical (unpaired) electrons. The minimum absolute atomic E-state index is 0.108. The Balaban J connectivity index is 2.08. The van der Waals surface area contributed by atoms with Crippen LogP contribution in [-0.2, 0) is 9.84 Å². The van der Waals surface area contributed by atoms with Crippen molar-refractivity contribution in [2.75, 3.05) is 23.7 Å². The predicted octanol–water partition coefficient (Wildman–Crippen LogP) is 3.55. The van der Waals surface area contributed by atoms with E-state index in [2.05, 4.69) is 11.1 Å². The van der Waals surface area contributed by atoms with Gasteiger partial charge in [0, 0.05) is 23.5 Å². The Morgan fingerprint density at radius 2 is 2.04 bits per heavy atom. The number of sulfone groups is 1. The van der Waals surface area contributed by atoms with Crippen LogP contribution in [0.2, 0.25) is 5.02 Å². The number of hydrogen-bond acceptors (Lipinski definition) is 5. The molecule has 0 bridgehead atoms. The highest BCUT2D eigenvalue weighted by Gasteiger charge is 2.45. The highest BCUT2D eigenvalue weighted by molar-refractivity contribution is 7.92. The van der Waals surface area contributed by atoms with Crippen molar-refractivity contribution < 1.29 is 8.42 Å². The molecule has 3 rings (SSSR count). The van der Waals surface area contributed by atoms with E-state index >= 15 is 0 Å². The van der Waals surface area contributed by atoms with Gasteiger partial charge in [0.15, 0.2) is 9.84 Å². The molecule has 1 fully saturated rings. The Labute approximate surface area is 153 Å². The van der Waals surface area contributed by atoms with Crippen LogP contribution >= 0.6 is 11.6 Å². The molecule has 1 aliphatic heterocycles. The standard InChI is InChI=1S/C18H20ClN3O2S/c1-3-18(4-2)12-22(7-8-25(18,23)24)17-9-13(11-20)15-10-14(19)5-6-16(15)21-17/h5-6,9-10H,3-4,7-8,12H2,1-2H3. The van der Waals surface area contributed by atoms with E-state index in [9.17, 15) is 13.7 Å². The van der Waals surface area contributed by atoms with Crippen LogP contribution in [0.3, 0.4) is 0 Å². The monoisotopic (exact) mass is 377 g/mol. The number of aromatic nitrogens is 1. The zero-order chi connectivity index (χ0) is 18.2. The molecule has 0 aliphatic carbocycles. The molecule has 0 saturated carbocycles. The smallest absolute Gasteiger partial charge is 0.159 e. The molecule has 1 aromatic heterocycles. The molecule has 1 aliphatic rings. The summed E-state index contributed by atoms with van der Waals surface area (Å²) in [5.41, 5.74) is 1.18. The van der Waals surface area contributed by atoms with Gasteiger partial charge in [-0.1, -0.05) is 25.4 Å². The summed E-state index contributed by atoms with van der Waals surface area (Å²) in [5, 5.41) is 10.8. The van der Waals surface area contributed by atoms with Gasteiger partial charge in [0.1, 0.15) is 5.82 Å². The fourth-order valence-electron chi connectivity index (χ4n) is 3.52. The van der Waals surface area contributed by atoms with Crippen LogP contribution in [0.25, 0.3) is 10.9 Å². The average Bonchev–Trinajstić information content (AvgIpc) is 2.61. The van der Waals surface area contributed by atoms with E-state index in [1.165, 1.54) is 0 Å². The third-order valence-corrected chi connectivity index (χ3v) is 8.24. The van der Waals surface area contributed by atoms with E-state index in [-0.39, 0.29) is 5.75 Å². The van der Waals surface area contributed by atoms with Crippen molar-refractivity contribution in [3.05, 3.63) is 34.9 Å². The van der Waals surface area contributed by atoms with Crippen LogP contribution in [0.4, 0.5) is 5.82 Å². The Morgan fingerprint density at radius 1 is 1.32 bits per heavy atom. The number of benzene rings is 1. The maximum atomic E-state index is 12.6. The summed E-state index contributed by atoms with van der Waals surface area (Å²) in [5.74, 6) is 0.754. The lowest BCUT2D eigenvalue weighted by atomic mass is 10.0. The summed E-state index contributed by atoms with van der Waals surface area (Å²) in [4.78, 5) is 6.64. The van der Waals surface area contributed by atoms with Crippen LogP contribution in [0, 0.1) is 11.3 Å². The Kier molecular flexibility index (Phi) is 4.65. The van der Waals surface area contributed by atoms with E-state index < -0.39 is 14.6 Å². The van der Waals surface area contributed by atoms with Crippen molar-refractivity contribution in [1.82, 2.24) is 4.98 Å². The molecule has 5 nitrogen and oxygen atoms in total. The van der Waals surface area contributed by atoms with Crippen LogP contribution < -0.4 is 4.90 Å². The van der Waals surface area contributed by atoms with E-state index in [1.807, 2.05) is 18.7 Å². The zero-order valence-corrected chi connectivity index (χ0v) is 15.9. The first-order valence-electron chi connectivity index (χ1n) is 8.33. The third kappa shape index (κ3) is 2.96. The lowest BCUT2D eigenvalue weighted by Crippen LogP contribution is -2.56. The largest absolute Gasteiger partial charge is 0.354 e. The Bertz CT molecular complexity index is 962. The van der Waals surface area contributed by atoms with Crippen molar-refractivity contribution in [3.63, 3.8) is 0 Å². The molecular weight excluding hydrogens is 358 g/mol. The average molecular weight is 378 g/mol. The summed E-state index contributed by atoms with van der Waals surface area (Å²) in [6, 6.07) is 9.19. The van der Waals surface area contributed by atoms with Gasteiger partial charge in [-0.05, 0) is 37.1 Å². The van der Waals surface area contributed by atoms with E-state index in [0.717, 1.165) is 0 Å². The lowest BCUT2D eigenvalue weighted by molar-refractivity contribution is 0.457. The summed E-state index contributed by atoms with van der Waals surface area (Å²) in [6.07, 6.45) is 1.13. The van der Waals surface area contributed by atoms with Crippen molar-refractivity contribution in [1.29, 1.82) is 5.26 Å². The number of nitriles is 1. The van der Waals surface area contributed by atoms with Crippen LogP contribution in [-0.4, -0.2) is 37.0 Å². The number of nitrogens with zero attached hydrogens (tertiary/aromatic N) is 3. The fraction of sp³-hybridized carbons (Fsp3) is 0.444. The van der Waals surface area contributed by atoms with Gasteiger partial charge < -0.3 is 4.90 Å². The number of anilines is 1. The number of fused-ring (bicyclic) bond motifs is 1. The quantitative estimate of drug-likeness (QED) is 0.817. The molecule has 0 spiro atoms. The number of rotatable bonds is 3.